The molecule has 0 N–H and O–H groups in total. The third-order valence-electron chi connectivity index (χ3n) is 1.90. The van der Waals surface area contributed by atoms with E-state index >= 15 is 0 Å². The van der Waals surface area contributed by atoms with Crippen LogP contribution in [0.15, 0.2) is 0 Å². The standard InChI is InChI=1S/C8H14O2S/c1-9-8(11)6-7-4-2-3-5-10-7/h7H,2-6H2,1H3. The maximum Gasteiger partial charge on any atom is 0.161 e. The van der Waals surface area contributed by atoms with Crippen molar-refractivity contribution in [2.75, 3.05) is 13.7 Å². The van der Waals surface area contributed by atoms with Gasteiger partial charge in [-0.15, -0.1) is 0 Å². The number of ether oxygens (including phenoxy) is 2. The van der Waals surface area contributed by atoms with Crippen LogP contribution in [0.3, 0.4) is 0 Å². The molecule has 1 fully saturated rings. The Kier molecular flexibility index (Phi) is 3.80. The summed E-state index contributed by atoms with van der Waals surface area (Å²) in [7, 11) is 1.62. The van der Waals surface area contributed by atoms with E-state index in [9.17, 15) is 0 Å². The van der Waals surface area contributed by atoms with Crippen LogP contribution in [0, 0.1) is 0 Å². The highest BCUT2D eigenvalue weighted by atomic mass is 32.1. The lowest BCUT2D eigenvalue weighted by atomic mass is 10.1. The second-order valence-electron chi connectivity index (χ2n) is 2.77. The van der Waals surface area contributed by atoms with Crippen LogP contribution in [0.1, 0.15) is 25.7 Å². The molecule has 0 saturated carbocycles. The zero-order chi connectivity index (χ0) is 8.10. The minimum absolute atomic E-state index is 0.316. The topological polar surface area (TPSA) is 18.5 Å². The van der Waals surface area contributed by atoms with E-state index in [1.165, 1.54) is 12.8 Å². The first-order chi connectivity index (χ1) is 5.33. The second kappa shape index (κ2) is 4.67. The molecule has 64 valence electrons. The molecule has 1 saturated heterocycles. The van der Waals surface area contributed by atoms with Crippen LogP contribution in [0.2, 0.25) is 0 Å². The van der Waals surface area contributed by atoms with Gasteiger partial charge in [0.25, 0.3) is 0 Å². The van der Waals surface area contributed by atoms with Crippen molar-refractivity contribution >= 4 is 17.3 Å². The summed E-state index contributed by atoms with van der Waals surface area (Å²) in [5.41, 5.74) is 0. The third-order valence-corrected chi connectivity index (χ3v) is 2.23. The second-order valence-corrected chi connectivity index (χ2v) is 3.22. The van der Waals surface area contributed by atoms with Gasteiger partial charge in [0.05, 0.1) is 13.2 Å². The molecular weight excluding hydrogens is 160 g/mol. The molecule has 0 aromatic carbocycles. The van der Waals surface area contributed by atoms with Gasteiger partial charge in [-0.2, -0.15) is 0 Å². The Morgan fingerprint density at radius 1 is 1.64 bits per heavy atom. The van der Waals surface area contributed by atoms with Crippen molar-refractivity contribution < 1.29 is 9.47 Å². The van der Waals surface area contributed by atoms with Crippen LogP contribution in [-0.4, -0.2) is 24.9 Å². The maximum atomic E-state index is 5.48. The zero-order valence-corrected chi connectivity index (χ0v) is 7.65. The molecule has 1 unspecified atom stereocenters. The predicted octanol–water partition coefficient (Wildman–Crippen LogP) is 1.92. The zero-order valence-electron chi connectivity index (χ0n) is 6.84. The van der Waals surface area contributed by atoms with E-state index in [1.807, 2.05) is 0 Å². The van der Waals surface area contributed by atoms with Gasteiger partial charge in [-0.25, -0.2) is 0 Å². The molecule has 0 aromatic rings. The molecule has 0 amide bonds. The smallest absolute Gasteiger partial charge is 0.161 e. The van der Waals surface area contributed by atoms with E-state index in [2.05, 4.69) is 0 Å². The summed E-state index contributed by atoms with van der Waals surface area (Å²) in [5.74, 6) is 0. The van der Waals surface area contributed by atoms with Crippen LogP contribution in [0.25, 0.3) is 0 Å². The summed E-state index contributed by atoms with van der Waals surface area (Å²) in [4.78, 5) is 0. The normalized spacial score (nSPS) is 24.6. The molecule has 1 aliphatic rings. The maximum absolute atomic E-state index is 5.48. The Labute approximate surface area is 72.9 Å². The van der Waals surface area contributed by atoms with Gasteiger partial charge in [0.15, 0.2) is 5.05 Å². The van der Waals surface area contributed by atoms with Crippen molar-refractivity contribution in [3.8, 4) is 0 Å². The number of rotatable bonds is 2. The largest absolute Gasteiger partial charge is 0.490 e. The summed E-state index contributed by atoms with van der Waals surface area (Å²) in [5, 5.41) is 0.664. The van der Waals surface area contributed by atoms with Gasteiger partial charge >= 0.3 is 0 Å². The van der Waals surface area contributed by atoms with Crippen LogP contribution in [0.4, 0.5) is 0 Å². The van der Waals surface area contributed by atoms with Crippen molar-refractivity contribution in [2.45, 2.75) is 31.8 Å². The summed E-state index contributed by atoms with van der Waals surface area (Å²) in [6.45, 7) is 0.886. The Morgan fingerprint density at radius 2 is 2.45 bits per heavy atom. The molecule has 1 atom stereocenters. The minimum atomic E-state index is 0.316. The van der Waals surface area contributed by atoms with E-state index in [-0.39, 0.29) is 0 Å². The third kappa shape index (κ3) is 3.16. The van der Waals surface area contributed by atoms with Crippen LogP contribution in [0.5, 0.6) is 0 Å². The van der Waals surface area contributed by atoms with Crippen molar-refractivity contribution in [2.24, 2.45) is 0 Å². The van der Waals surface area contributed by atoms with Crippen LogP contribution < -0.4 is 0 Å². The first kappa shape index (κ1) is 8.94. The van der Waals surface area contributed by atoms with Gasteiger partial charge < -0.3 is 9.47 Å². The summed E-state index contributed by atoms with van der Waals surface area (Å²) >= 11 is 4.93. The number of methoxy groups -OCH3 is 1. The monoisotopic (exact) mass is 174 g/mol. The first-order valence-electron chi connectivity index (χ1n) is 4.01. The highest BCUT2D eigenvalue weighted by Gasteiger charge is 2.15. The van der Waals surface area contributed by atoms with Crippen molar-refractivity contribution in [1.82, 2.24) is 0 Å². The molecule has 0 bridgehead atoms. The number of thiocarbonyl (C=S) groups is 1. The van der Waals surface area contributed by atoms with Gasteiger partial charge in [-0.3, -0.25) is 0 Å². The Hall–Kier alpha value is -0.150. The van der Waals surface area contributed by atoms with Gasteiger partial charge in [-0.05, 0) is 31.5 Å². The Morgan fingerprint density at radius 3 is 3.00 bits per heavy atom. The Balaban J connectivity index is 2.19. The molecule has 1 rings (SSSR count). The molecule has 2 nitrogen and oxygen atoms in total. The molecule has 1 heterocycles. The van der Waals surface area contributed by atoms with Crippen molar-refractivity contribution in [3.63, 3.8) is 0 Å². The fourth-order valence-corrected chi connectivity index (χ4v) is 1.42. The lowest BCUT2D eigenvalue weighted by Crippen LogP contribution is -2.22. The fraction of sp³-hybridized carbons (Fsp3) is 0.875. The molecule has 3 heteroatoms. The molecule has 0 aliphatic carbocycles. The quantitative estimate of drug-likeness (QED) is 0.596. The van der Waals surface area contributed by atoms with E-state index in [0.717, 1.165) is 19.4 Å². The van der Waals surface area contributed by atoms with Crippen molar-refractivity contribution in [3.05, 3.63) is 0 Å². The SMILES string of the molecule is COC(=S)CC1CCCCO1. The molecule has 11 heavy (non-hydrogen) atoms. The molecule has 0 radical (unpaired) electrons. The summed E-state index contributed by atoms with van der Waals surface area (Å²) in [6.07, 6.45) is 4.68. The van der Waals surface area contributed by atoms with E-state index < -0.39 is 0 Å². The fourth-order valence-electron chi connectivity index (χ4n) is 1.24. The highest BCUT2D eigenvalue weighted by molar-refractivity contribution is 7.80. The lowest BCUT2D eigenvalue weighted by molar-refractivity contribution is 0.0190. The minimum Gasteiger partial charge on any atom is -0.490 e. The number of hydrogen-bond donors (Lipinski definition) is 0. The molecule has 0 spiro atoms. The van der Waals surface area contributed by atoms with Gasteiger partial charge in [0.2, 0.25) is 0 Å². The van der Waals surface area contributed by atoms with E-state index in [4.69, 9.17) is 21.7 Å². The average Bonchev–Trinajstić information content (AvgIpc) is 2.06. The molecular formula is C8H14O2S. The lowest BCUT2D eigenvalue weighted by Gasteiger charge is -2.21. The predicted molar refractivity (Wildman–Crippen MR) is 47.8 cm³/mol. The highest BCUT2D eigenvalue weighted by Crippen LogP contribution is 2.16. The average molecular weight is 174 g/mol. The first-order valence-corrected chi connectivity index (χ1v) is 4.42. The number of hydrogen-bond acceptors (Lipinski definition) is 3. The van der Waals surface area contributed by atoms with E-state index in [0.29, 0.717) is 11.2 Å². The Bertz CT molecular complexity index is 130. The summed E-state index contributed by atoms with van der Waals surface area (Å²) < 4.78 is 10.4. The molecule has 0 aromatic heterocycles. The van der Waals surface area contributed by atoms with Crippen molar-refractivity contribution in [1.29, 1.82) is 0 Å². The van der Waals surface area contributed by atoms with Gasteiger partial charge in [-0.1, -0.05) is 0 Å². The molecule has 1 aliphatic heterocycles. The summed E-state index contributed by atoms with van der Waals surface area (Å²) in [6, 6.07) is 0. The van der Waals surface area contributed by atoms with Gasteiger partial charge in [0, 0.05) is 13.0 Å². The van der Waals surface area contributed by atoms with Gasteiger partial charge in [0.1, 0.15) is 0 Å². The van der Waals surface area contributed by atoms with Crippen LogP contribution in [-0.2, 0) is 9.47 Å². The van der Waals surface area contributed by atoms with E-state index in [1.54, 1.807) is 7.11 Å². The van der Waals surface area contributed by atoms with Crippen LogP contribution >= 0.6 is 12.2 Å².